The Hall–Kier alpha value is -3.40. The molecule has 0 aromatic heterocycles. The summed E-state index contributed by atoms with van der Waals surface area (Å²) in [5.74, 6) is -7.99. The molecule has 32 heavy (non-hydrogen) atoms. The van der Waals surface area contributed by atoms with Gasteiger partial charge in [0.2, 0.25) is 29.5 Å². The fourth-order valence-corrected chi connectivity index (χ4v) is 2.51. The number of nitrogens with two attached hydrogens (primary N) is 3. The van der Waals surface area contributed by atoms with Gasteiger partial charge in [0.1, 0.15) is 18.1 Å². The number of hydrogen-bond donors (Lipinski definition) is 9. The topological polar surface area (TPSA) is 274 Å². The number of thiol groups is 1. The Kier molecular flexibility index (Phi) is 12.3. The second kappa shape index (κ2) is 13.8. The van der Waals surface area contributed by atoms with E-state index >= 15 is 0 Å². The number of amides is 5. The minimum absolute atomic E-state index is 0.299. The van der Waals surface area contributed by atoms with Gasteiger partial charge in [0.25, 0.3) is 0 Å². The number of carbonyl (C=O) groups excluding carboxylic acids is 5. The zero-order chi connectivity index (χ0) is 25.0. The monoisotopic (exact) mass is 478 g/mol. The van der Waals surface area contributed by atoms with E-state index in [9.17, 15) is 33.6 Å². The van der Waals surface area contributed by atoms with Crippen molar-refractivity contribution >= 4 is 54.1 Å². The number of carboxylic acids is 2. The molecule has 0 aromatic rings. The molecule has 0 aliphatic heterocycles. The molecule has 4 atom stereocenters. The third-order valence-corrected chi connectivity index (χ3v) is 4.24. The fourth-order valence-electron chi connectivity index (χ4n) is 2.25. The average Bonchev–Trinajstić information content (AvgIpc) is 2.66. The number of rotatable bonds is 15. The quantitative estimate of drug-likeness (QED) is 0.102. The van der Waals surface area contributed by atoms with Crippen molar-refractivity contribution in [2.24, 2.45) is 17.2 Å². The maximum atomic E-state index is 12.6. The lowest BCUT2D eigenvalue weighted by Gasteiger charge is -2.24. The second-order valence-electron chi connectivity index (χ2n) is 6.58. The van der Waals surface area contributed by atoms with Gasteiger partial charge in [0.15, 0.2) is 0 Å². The highest BCUT2D eigenvalue weighted by Crippen LogP contribution is 2.02. The van der Waals surface area contributed by atoms with Crippen LogP contribution in [-0.4, -0.2) is 81.6 Å². The summed E-state index contributed by atoms with van der Waals surface area (Å²) in [6.07, 6.45) is -2.07. The van der Waals surface area contributed by atoms with E-state index in [0.717, 1.165) is 0 Å². The van der Waals surface area contributed by atoms with Crippen molar-refractivity contribution < 1.29 is 43.8 Å². The van der Waals surface area contributed by atoms with Gasteiger partial charge in [0, 0.05) is 12.2 Å². The molecule has 15 nitrogen and oxygen atoms in total. The van der Waals surface area contributed by atoms with Crippen LogP contribution >= 0.6 is 12.6 Å². The molecule has 0 spiro atoms. The summed E-state index contributed by atoms with van der Waals surface area (Å²) in [7, 11) is 0. The molecule has 0 fully saturated rings. The van der Waals surface area contributed by atoms with Gasteiger partial charge in [-0.2, -0.15) is 12.6 Å². The highest BCUT2D eigenvalue weighted by atomic mass is 32.1. The van der Waals surface area contributed by atoms with Crippen molar-refractivity contribution in [1.29, 1.82) is 0 Å². The average molecular weight is 478 g/mol. The van der Waals surface area contributed by atoms with Crippen molar-refractivity contribution in [3.63, 3.8) is 0 Å². The molecule has 4 unspecified atom stereocenters. The number of primary amides is 2. The maximum Gasteiger partial charge on any atom is 0.326 e. The number of hydrogen-bond acceptors (Lipinski definition) is 9. The summed E-state index contributed by atoms with van der Waals surface area (Å²) < 4.78 is 0. The second-order valence-corrected chi connectivity index (χ2v) is 6.95. The van der Waals surface area contributed by atoms with E-state index in [-0.39, 0.29) is 18.6 Å². The van der Waals surface area contributed by atoms with Crippen molar-refractivity contribution in [1.82, 2.24) is 16.0 Å². The molecule has 0 aliphatic carbocycles. The molecule has 0 bridgehead atoms. The predicted molar refractivity (Wildman–Crippen MR) is 110 cm³/mol. The van der Waals surface area contributed by atoms with Crippen molar-refractivity contribution in [2.75, 3.05) is 5.75 Å². The lowest BCUT2D eigenvalue weighted by atomic mass is 10.1. The molecule has 16 heteroatoms. The molecule has 0 saturated carbocycles. The van der Waals surface area contributed by atoms with Gasteiger partial charge in [-0.15, -0.1) is 0 Å². The van der Waals surface area contributed by atoms with Gasteiger partial charge in [-0.25, -0.2) is 4.79 Å². The first-order chi connectivity index (χ1) is 14.8. The Labute approximate surface area is 187 Å². The Bertz CT molecular complexity index is 762. The standard InChI is InChI=1S/C16H26N6O9S/c17-6(3-12(25)26)13(27)20-7(1-2-10(18)23)14(28)22-9(5-32)15(29)21-8(16(30)31)4-11(19)24/h6-9,32H,1-5,17H2,(H2,18,23)(H2,19,24)(H,20,27)(H,21,29)(H,22,28)(H,25,26)(H,30,31). The molecule has 0 rings (SSSR count). The largest absolute Gasteiger partial charge is 0.481 e. The van der Waals surface area contributed by atoms with Gasteiger partial charge in [-0.05, 0) is 6.42 Å². The Morgan fingerprint density at radius 3 is 1.69 bits per heavy atom. The van der Waals surface area contributed by atoms with E-state index < -0.39 is 78.5 Å². The molecular formula is C16H26N6O9S. The van der Waals surface area contributed by atoms with E-state index in [4.69, 9.17) is 27.4 Å². The molecule has 11 N–H and O–H groups in total. The molecule has 180 valence electrons. The normalized spacial score (nSPS) is 14.2. The minimum atomic E-state index is -1.65. The lowest BCUT2D eigenvalue weighted by molar-refractivity contribution is -0.143. The summed E-state index contributed by atoms with van der Waals surface area (Å²) in [6.45, 7) is 0. The number of carbonyl (C=O) groups is 7. The fraction of sp³-hybridized carbons (Fsp3) is 0.562. The first-order valence-corrected chi connectivity index (χ1v) is 9.70. The van der Waals surface area contributed by atoms with E-state index in [1.165, 1.54) is 0 Å². The molecule has 0 radical (unpaired) electrons. The van der Waals surface area contributed by atoms with Gasteiger partial charge < -0.3 is 43.4 Å². The van der Waals surface area contributed by atoms with Crippen LogP contribution in [0.1, 0.15) is 25.7 Å². The maximum absolute atomic E-state index is 12.6. The minimum Gasteiger partial charge on any atom is -0.481 e. The van der Waals surface area contributed by atoms with Crippen molar-refractivity contribution in [3.05, 3.63) is 0 Å². The van der Waals surface area contributed by atoms with Crippen LogP contribution in [0.5, 0.6) is 0 Å². The summed E-state index contributed by atoms with van der Waals surface area (Å²) in [5.41, 5.74) is 15.4. The molecule has 0 aliphatic rings. The van der Waals surface area contributed by atoms with Gasteiger partial charge in [0.05, 0.1) is 18.9 Å². The van der Waals surface area contributed by atoms with E-state index in [0.29, 0.717) is 0 Å². The van der Waals surface area contributed by atoms with Gasteiger partial charge >= 0.3 is 11.9 Å². The van der Waals surface area contributed by atoms with Crippen LogP contribution < -0.4 is 33.2 Å². The summed E-state index contributed by atoms with van der Waals surface area (Å²) in [4.78, 5) is 80.8. The zero-order valence-electron chi connectivity index (χ0n) is 16.8. The number of carboxylic acid groups (broad SMARTS) is 2. The lowest BCUT2D eigenvalue weighted by Crippen LogP contribution is -2.58. The van der Waals surface area contributed by atoms with Crippen molar-refractivity contribution in [2.45, 2.75) is 49.9 Å². The summed E-state index contributed by atoms with van der Waals surface area (Å²) >= 11 is 3.91. The van der Waals surface area contributed by atoms with Crippen LogP contribution in [0.25, 0.3) is 0 Å². The van der Waals surface area contributed by atoms with E-state index in [1.807, 2.05) is 5.32 Å². The molecule has 0 saturated heterocycles. The molecule has 5 amide bonds. The third kappa shape index (κ3) is 11.1. The Morgan fingerprint density at radius 1 is 0.750 bits per heavy atom. The smallest absolute Gasteiger partial charge is 0.326 e. The molecule has 0 aromatic carbocycles. The van der Waals surface area contributed by atoms with Crippen molar-refractivity contribution in [3.8, 4) is 0 Å². The summed E-state index contributed by atoms with van der Waals surface area (Å²) in [5, 5.41) is 24.2. The SMILES string of the molecule is NC(=O)CCC(NC(=O)C(N)CC(=O)O)C(=O)NC(CS)C(=O)NC(CC(N)=O)C(=O)O. The highest BCUT2D eigenvalue weighted by molar-refractivity contribution is 7.80. The van der Waals surface area contributed by atoms with Crippen LogP contribution in [0.4, 0.5) is 0 Å². The third-order valence-electron chi connectivity index (χ3n) is 3.88. The van der Waals surface area contributed by atoms with Crippen LogP contribution in [0.3, 0.4) is 0 Å². The first kappa shape index (κ1) is 28.6. The van der Waals surface area contributed by atoms with Gasteiger partial charge in [-0.1, -0.05) is 0 Å². The first-order valence-electron chi connectivity index (χ1n) is 9.07. The molecular weight excluding hydrogens is 452 g/mol. The zero-order valence-corrected chi connectivity index (χ0v) is 17.7. The van der Waals surface area contributed by atoms with Crippen LogP contribution in [0.2, 0.25) is 0 Å². The number of aliphatic carboxylic acids is 2. The summed E-state index contributed by atoms with van der Waals surface area (Å²) in [6, 6.07) is -5.98. The molecule has 0 heterocycles. The van der Waals surface area contributed by atoms with Gasteiger partial charge in [-0.3, -0.25) is 28.8 Å². The Morgan fingerprint density at radius 2 is 1.25 bits per heavy atom. The number of nitrogens with one attached hydrogen (secondary N) is 3. The van der Waals surface area contributed by atoms with Crippen LogP contribution in [0, 0.1) is 0 Å². The van der Waals surface area contributed by atoms with E-state index in [1.54, 1.807) is 0 Å². The van der Waals surface area contributed by atoms with E-state index in [2.05, 4.69) is 23.3 Å². The van der Waals surface area contributed by atoms with Crippen LogP contribution in [0.15, 0.2) is 0 Å². The van der Waals surface area contributed by atoms with Crippen LogP contribution in [-0.2, 0) is 33.6 Å². The predicted octanol–water partition coefficient (Wildman–Crippen LogP) is -4.60. The Balaban J connectivity index is 5.33. The highest BCUT2D eigenvalue weighted by Gasteiger charge is 2.30.